The first kappa shape index (κ1) is 8.85. The number of phenolic OH excluding ortho intramolecular Hbond substituents is 2. The van der Waals surface area contributed by atoms with Crippen molar-refractivity contribution in [2.45, 2.75) is 6.42 Å². The lowest BCUT2D eigenvalue weighted by Crippen LogP contribution is -1.68. The molecule has 0 spiro atoms. The van der Waals surface area contributed by atoms with Gasteiger partial charge in [0.25, 0.3) is 0 Å². The van der Waals surface area contributed by atoms with E-state index in [2.05, 4.69) is 0 Å². The van der Waals surface area contributed by atoms with Crippen LogP contribution in [0.25, 0.3) is 10.1 Å². The van der Waals surface area contributed by atoms with Crippen molar-refractivity contribution in [3.63, 3.8) is 0 Å². The highest BCUT2D eigenvalue weighted by Crippen LogP contribution is 2.38. The van der Waals surface area contributed by atoms with Crippen LogP contribution in [0.5, 0.6) is 11.5 Å². The molecule has 0 unspecified atom stereocenters. The predicted octanol–water partition coefficient (Wildman–Crippen LogP) is 2.38. The minimum Gasteiger partial charge on any atom is -0.504 e. The Kier molecular flexibility index (Phi) is 2.02. The van der Waals surface area contributed by atoms with E-state index in [9.17, 15) is 10.2 Å². The van der Waals surface area contributed by atoms with Crippen molar-refractivity contribution < 1.29 is 10.2 Å². The average Bonchev–Trinajstić information content (AvgIpc) is 2.56. The fourth-order valence-corrected chi connectivity index (χ4v) is 2.33. The van der Waals surface area contributed by atoms with Crippen LogP contribution in [0.3, 0.4) is 0 Å². The second-order valence-corrected chi connectivity index (χ2v) is 4.04. The van der Waals surface area contributed by atoms with E-state index in [4.69, 9.17) is 5.26 Å². The van der Waals surface area contributed by atoms with E-state index in [0.717, 1.165) is 10.3 Å². The summed E-state index contributed by atoms with van der Waals surface area (Å²) < 4.78 is 0.634. The molecule has 4 heteroatoms. The van der Waals surface area contributed by atoms with Crippen LogP contribution in [0.1, 0.15) is 4.88 Å². The Hall–Kier alpha value is -1.73. The largest absolute Gasteiger partial charge is 0.504 e. The van der Waals surface area contributed by atoms with Gasteiger partial charge in [0.1, 0.15) is 0 Å². The Morgan fingerprint density at radius 3 is 2.86 bits per heavy atom. The maximum atomic E-state index is 9.52. The molecule has 1 aromatic heterocycles. The molecule has 0 bridgehead atoms. The average molecular weight is 205 g/mol. The van der Waals surface area contributed by atoms with Crippen LogP contribution in [0.2, 0.25) is 0 Å². The van der Waals surface area contributed by atoms with Crippen LogP contribution in [0.15, 0.2) is 18.2 Å². The molecule has 1 aromatic carbocycles. The molecule has 2 rings (SSSR count). The Morgan fingerprint density at radius 2 is 2.14 bits per heavy atom. The zero-order chi connectivity index (χ0) is 10.1. The molecule has 0 aliphatic carbocycles. The lowest BCUT2D eigenvalue weighted by molar-refractivity contribution is 0.409. The van der Waals surface area contributed by atoms with Crippen molar-refractivity contribution in [2.75, 3.05) is 0 Å². The molecule has 2 aromatic rings. The van der Waals surface area contributed by atoms with E-state index in [-0.39, 0.29) is 11.5 Å². The van der Waals surface area contributed by atoms with E-state index < -0.39 is 0 Å². The van der Waals surface area contributed by atoms with Crippen molar-refractivity contribution in [2.24, 2.45) is 0 Å². The summed E-state index contributed by atoms with van der Waals surface area (Å²) >= 11 is 1.33. The molecular weight excluding hydrogens is 198 g/mol. The van der Waals surface area contributed by atoms with Gasteiger partial charge in [0.15, 0.2) is 11.5 Å². The van der Waals surface area contributed by atoms with Gasteiger partial charge in [-0.1, -0.05) is 0 Å². The second-order valence-electron chi connectivity index (χ2n) is 2.90. The summed E-state index contributed by atoms with van der Waals surface area (Å²) in [5.74, 6) is -0.223. The Bertz CT molecular complexity index is 525. The quantitative estimate of drug-likeness (QED) is 0.702. The number of nitriles is 1. The molecule has 14 heavy (non-hydrogen) atoms. The van der Waals surface area contributed by atoms with Gasteiger partial charge in [-0.05, 0) is 23.6 Å². The third kappa shape index (κ3) is 1.28. The topological polar surface area (TPSA) is 64.2 Å². The van der Waals surface area contributed by atoms with Crippen molar-refractivity contribution in [3.05, 3.63) is 23.1 Å². The molecule has 1 heterocycles. The summed E-state index contributed by atoms with van der Waals surface area (Å²) in [5, 5.41) is 28.1. The number of rotatable bonds is 1. The summed E-state index contributed by atoms with van der Waals surface area (Å²) in [6.45, 7) is 0. The van der Waals surface area contributed by atoms with Crippen molar-refractivity contribution >= 4 is 21.4 Å². The Balaban J connectivity index is 2.66. The van der Waals surface area contributed by atoms with Crippen LogP contribution < -0.4 is 0 Å². The summed E-state index contributed by atoms with van der Waals surface area (Å²) in [6, 6.07) is 7.06. The Morgan fingerprint density at radius 1 is 1.36 bits per heavy atom. The fraction of sp³-hybridized carbons (Fsp3) is 0.100. The summed E-state index contributed by atoms with van der Waals surface area (Å²) in [6.07, 6.45) is 0.333. The molecule has 2 N–H and O–H groups in total. The molecule has 0 atom stereocenters. The molecule has 0 aliphatic heterocycles. The van der Waals surface area contributed by atoms with E-state index in [1.54, 1.807) is 6.07 Å². The van der Waals surface area contributed by atoms with Crippen LogP contribution >= 0.6 is 11.3 Å². The van der Waals surface area contributed by atoms with E-state index in [1.807, 2.05) is 12.1 Å². The SMILES string of the molecule is N#CCc1cc2ccc(O)c(O)c2s1. The van der Waals surface area contributed by atoms with Crippen LogP contribution in [0.4, 0.5) is 0 Å². The number of fused-ring (bicyclic) bond motifs is 1. The smallest absolute Gasteiger partial charge is 0.175 e. The summed E-state index contributed by atoms with van der Waals surface area (Å²) in [4.78, 5) is 0.892. The zero-order valence-corrected chi connectivity index (χ0v) is 8.01. The highest BCUT2D eigenvalue weighted by atomic mass is 32.1. The minimum absolute atomic E-state index is 0.100. The summed E-state index contributed by atoms with van der Waals surface area (Å²) in [7, 11) is 0. The number of aromatic hydroxyl groups is 2. The minimum atomic E-state index is -0.122. The lowest BCUT2D eigenvalue weighted by Gasteiger charge is -1.96. The molecule has 70 valence electrons. The first-order valence-corrected chi connectivity index (χ1v) is 4.84. The van der Waals surface area contributed by atoms with Crippen molar-refractivity contribution in [1.82, 2.24) is 0 Å². The number of benzene rings is 1. The number of thiophene rings is 1. The third-order valence-electron chi connectivity index (χ3n) is 1.94. The number of phenols is 2. The molecule has 0 aliphatic rings. The fourth-order valence-electron chi connectivity index (χ4n) is 1.30. The van der Waals surface area contributed by atoms with Crippen LogP contribution in [-0.2, 0) is 6.42 Å². The molecule has 0 saturated heterocycles. The van der Waals surface area contributed by atoms with Gasteiger partial charge in [-0.2, -0.15) is 5.26 Å². The number of hydrogen-bond donors (Lipinski definition) is 2. The number of nitrogens with zero attached hydrogens (tertiary/aromatic N) is 1. The third-order valence-corrected chi connectivity index (χ3v) is 3.10. The van der Waals surface area contributed by atoms with Gasteiger partial charge < -0.3 is 10.2 Å². The predicted molar refractivity (Wildman–Crippen MR) is 54.5 cm³/mol. The van der Waals surface area contributed by atoms with Crippen LogP contribution in [0, 0.1) is 11.3 Å². The van der Waals surface area contributed by atoms with E-state index in [1.165, 1.54) is 17.4 Å². The normalized spacial score (nSPS) is 10.2. The standard InChI is InChI=1S/C10H7NO2S/c11-4-3-7-5-6-1-2-8(12)9(13)10(6)14-7/h1-2,5,12-13H,3H2. The zero-order valence-electron chi connectivity index (χ0n) is 7.19. The maximum Gasteiger partial charge on any atom is 0.175 e. The lowest BCUT2D eigenvalue weighted by atomic mass is 10.2. The number of hydrogen-bond acceptors (Lipinski definition) is 4. The molecule has 0 fully saturated rings. The second kappa shape index (κ2) is 3.20. The van der Waals surface area contributed by atoms with Crippen molar-refractivity contribution in [3.8, 4) is 17.6 Å². The van der Waals surface area contributed by atoms with Gasteiger partial charge >= 0.3 is 0 Å². The highest BCUT2D eigenvalue weighted by Gasteiger charge is 2.08. The maximum absolute atomic E-state index is 9.52. The van der Waals surface area contributed by atoms with E-state index >= 15 is 0 Å². The molecule has 0 saturated carbocycles. The monoisotopic (exact) mass is 205 g/mol. The van der Waals surface area contributed by atoms with Crippen molar-refractivity contribution in [1.29, 1.82) is 5.26 Å². The summed E-state index contributed by atoms with van der Waals surface area (Å²) in [5.41, 5.74) is 0. The first-order valence-electron chi connectivity index (χ1n) is 4.02. The highest BCUT2D eigenvalue weighted by molar-refractivity contribution is 7.19. The molecule has 0 radical (unpaired) electrons. The van der Waals surface area contributed by atoms with E-state index in [0.29, 0.717) is 11.1 Å². The van der Waals surface area contributed by atoms with Gasteiger partial charge in [-0.25, -0.2) is 0 Å². The van der Waals surface area contributed by atoms with Gasteiger partial charge in [0.05, 0.1) is 17.2 Å². The van der Waals surface area contributed by atoms with Crippen LogP contribution in [-0.4, -0.2) is 10.2 Å². The van der Waals surface area contributed by atoms with Gasteiger partial charge in [-0.3, -0.25) is 0 Å². The van der Waals surface area contributed by atoms with Gasteiger partial charge in [-0.15, -0.1) is 11.3 Å². The molecule has 0 amide bonds. The molecular formula is C10H7NO2S. The molecule has 3 nitrogen and oxygen atoms in total. The first-order chi connectivity index (χ1) is 6.72. The van der Waals surface area contributed by atoms with Gasteiger partial charge in [0, 0.05) is 4.88 Å². The Labute approximate surface area is 84.5 Å². The van der Waals surface area contributed by atoms with Gasteiger partial charge in [0.2, 0.25) is 0 Å².